The maximum absolute atomic E-state index is 13.9. The number of aryl methyl sites for hydroxylation is 2. The van der Waals surface area contributed by atoms with Crippen LogP contribution in [0.3, 0.4) is 0 Å². The normalized spacial score (nSPS) is 18.9. The highest BCUT2D eigenvalue weighted by molar-refractivity contribution is 5.95. The van der Waals surface area contributed by atoms with E-state index < -0.39 is 42.0 Å². The van der Waals surface area contributed by atoms with Crippen LogP contribution < -0.4 is 16.4 Å². The van der Waals surface area contributed by atoms with Crippen LogP contribution in [0.5, 0.6) is 0 Å². The van der Waals surface area contributed by atoms with Crippen LogP contribution in [0.2, 0.25) is 0 Å². The van der Waals surface area contributed by atoms with Crippen molar-refractivity contribution in [1.82, 2.24) is 15.5 Å². The molecule has 0 spiro atoms. The lowest BCUT2D eigenvalue weighted by atomic mass is 9.97. The van der Waals surface area contributed by atoms with E-state index >= 15 is 0 Å². The van der Waals surface area contributed by atoms with E-state index in [2.05, 4.69) is 10.6 Å². The summed E-state index contributed by atoms with van der Waals surface area (Å²) in [5.41, 5.74) is 7.21. The lowest BCUT2D eigenvalue weighted by Gasteiger charge is -2.35. The van der Waals surface area contributed by atoms with Gasteiger partial charge >= 0.3 is 6.09 Å². The number of hydrogen-bond acceptors (Lipinski definition) is 5. The Hall–Kier alpha value is -3.10. The standard InChI is InChI=1S/C26H40N4O5/c1-14(2)28-23(32)22(18-10-15(3)9-16(4)11-18)30(20-12-17(20)5)24(33)19(13-21(27)31)29-25(34)35-26(6,7)8/h9-11,14,17,19-20,22H,12-13H2,1-8H3,(H2,27,31)(H,28,32)(H,29,34). The topological polar surface area (TPSA) is 131 Å². The number of carbonyl (C=O) groups is 4. The predicted octanol–water partition coefficient (Wildman–Crippen LogP) is 2.87. The van der Waals surface area contributed by atoms with Gasteiger partial charge in [-0.15, -0.1) is 0 Å². The summed E-state index contributed by atoms with van der Waals surface area (Å²) in [5, 5.41) is 5.43. The molecule has 0 aliphatic heterocycles. The minimum absolute atomic E-state index is 0.147. The number of alkyl carbamates (subject to hydrolysis) is 1. The molecule has 1 aliphatic rings. The molecule has 4 unspecified atom stereocenters. The number of amides is 4. The summed E-state index contributed by atoms with van der Waals surface area (Å²) >= 11 is 0. The van der Waals surface area contributed by atoms with Gasteiger partial charge in [0.1, 0.15) is 17.7 Å². The number of hydrogen-bond donors (Lipinski definition) is 3. The maximum atomic E-state index is 13.9. The monoisotopic (exact) mass is 488 g/mol. The van der Waals surface area contributed by atoms with Gasteiger partial charge in [-0.25, -0.2) is 4.79 Å². The van der Waals surface area contributed by atoms with Crippen LogP contribution in [0.25, 0.3) is 0 Å². The largest absolute Gasteiger partial charge is 0.444 e. The molecule has 4 amide bonds. The summed E-state index contributed by atoms with van der Waals surface area (Å²) < 4.78 is 5.30. The second-order valence-electron chi connectivity index (χ2n) is 10.9. The summed E-state index contributed by atoms with van der Waals surface area (Å²) in [5.74, 6) is -1.47. The first-order valence-electron chi connectivity index (χ1n) is 12.1. The lowest BCUT2D eigenvalue weighted by Crippen LogP contribution is -2.55. The Morgan fingerprint density at radius 2 is 1.63 bits per heavy atom. The smallest absolute Gasteiger partial charge is 0.408 e. The molecule has 0 bridgehead atoms. The molecule has 4 N–H and O–H groups in total. The van der Waals surface area contributed by atoms with Crippen LogP contribution in [-0.2, 0) is 19.1 Å². The molecule has 4 atom stereocenters. The molecule has 194 valence electrons. The van der Waals surface area contributed by atoms with Gasteiger partial charge in [0.05, 0.1) is 6.42 Å². The van der Waals surface area contributed by atoms with Crippen molar-refractivity contribution in [2.24, 2.45) is 11.7 Å². The van der Waals surface area contributed by atoms with Gasteiger partial charge in [0.25, 0.3) is 0 Å². The number of nitrogens with one attached hydrogen (secondary N) is 2. The van der Waals surface area contributed by atoms with Crippen molar-refractivity contribution in [2.75, 3.05) is 0 Å². The molecule has 1 fully saturated rings. The van der Waals surface area contributed by atoms with Crippen molar-refractivity contribution in [3.63, 3.8) is 0 Å². The van der Waals surface area contributed by atoms with E-state index in [1.165, 1.54) is 4.90 Å². The zero-order valence-electron chi connectivity index (χ0n) is 22.1. The molecule has 0 heterocycles. The van der Waals surface area contributed by atoms with Crippen molar-refractivity contribution < 1.29 is 23.9 Å². The van der Waals surface area contributed by atoms with Crippen LogP contribution in [0.1, 0.15) is 77.1 Å². The average molecular weight is 489 g/mol. The Balaban J connectivity index is 2.54. The highest BCUT2D eigenvalue weighted by Gasteiger charge is 2.48. The zero-order valence-corrected chi connectivity index (χ0v) is 22.1. The SMILES string of the molecule is Cc1cc(C)cc(C(C(=O)NC(C)C)N(C(=O)C(CC(N)=O)NC(=O)OC(C)(C)C)C2CC2C)c1. The third-order valence-electron chi connectivity index (χ3n) is 5.59. The summed E-state index contributed by atoms with van der Waals surface area (Å²) in [7, 11) is 0. The minimum atomic E-state index is -1.27. The zero-order chi connectivity index (χ0) is 26.7. The maximum Gasteiger partial charge on any atom is 0.408 e. The van der Waals surface area contributed by atoms with Gasteiger partial charge in [-0.2, -0.15) is 0 Å². The molecular formula is C26H40N4O5. The number of nitrogens with zero attached hydrogens (tertiary/aromatic N) is 1. The van der Waals surface area contributed by atoms with E-state index in [-0.39, 0.29) is 23.9 Å². The second kappa shape index (κ2) is 11.1. The average Bonchev–Trinajstić information content (AvgIpc) is 3.37. The number of nitrogens with two attached hydrogens (primary N) is 1. The number of benzene rings is 1. The number of rotatable bonds is 9. The molecule has 0 saturated heterocycles. The van der Waals surface area contributed by atoms with E-state index in [1.807, 2.05) is 52.8 Å². The van der Waals surface area contributed by atoms with E-state index in [4.69, 9.17) is 10.5 Å². The fraction of sp³-hybridized carbons (Fsp3) is 0.615. The fourth-order valence-corrected chi connectivity index (χ4v) is 4.17. The van der Waals surface area contributed by atoms with Gasteiger partial charge < -0.3 is 26.0 Å². The number of carbonyl (C=O) groups excluding carboxylic acids is 4. The van der Waals surface area contributed by atoms with Crippen LogP contribution >= 0.6 is 0 Å². The van der Waals surface area contributed by atoms with Crippen molar-refractivity contribution in [1.29, 1.82) is 0 Å². The summed E-state index contributed by atoms with van der Waals surface area (Å²) in [4.78, 5) is 53.3. The summed E-state index contributed by atoms with van der Waals surface area (Å²) in [6.07, 6.45) is -0.547. The first-order chi connectivity index (χ1) is 16.1. The van der Waals surface area contributed by atoms with E-state index in [0.29, 0.717) is 12.0 Å². The van der Waals surface area contributed by atoms with Gasteiger partial charge in [0.2, 0.25) is 17.7 Å². The predicted molar refractivity (Wildman–Crippen MR) is 133 cm³/mol. The highest BCUT2D eigenvalue weighted by Crippen LogP contribution is 2.41. The first-order valence-corrected chi connectivity index (χ1v) is 12.1. The van der Waals surface area contributed by atoms with Crippen molar-refractivity contribution in [3.8, 4) is 0 Å². The molecule has 1 aromatic rings. The molecule has 0 radical (unpaired) electrons. The third kappa shape index (κ3) is 8.26. The lowest BCUT2D eigenvalue weighted by molar-refractivity contribution is -0.144. The van der Waals surface area contributed by atoms with Gasteiger partial charge in [-0.3, -0.25) is 14.4 Å². The van der Waals surface area contributed by atoms with Gasteiger partial charge in [0.15, 0.2) is 0 Å². The van der Waals surface area contributed by atoms with E-state index in [9.17, 15) is 19.2 Å². The first kappa shape index (κ1) is 28.1. The van der Waals surface area contributed by atoms with Crippen molar-refractivity contribution in [2.45, 2.75) is 98.0 Å². The second-order valence-corrected chi connectivity index (χ2v) is 10.9. The Kier molecular flexibility index (Phi) is 8.92. The third-order valence-corrected chi connectivity index (χ3v) is 5.59. The molecule has 1 saturated carbocycles. The number of primary amides is 1. The number of ether oxygens (including phenoxy) is 1. The molecule has 35 heavy (non-hydrogen) atoms. The van der Waals surface area contributed by atoms with Crippen LogP contribution in [-0.4, -0.2) is 52.4 Å². The van der Waals surface area contributed by atoms with Crippen molar-refractivity contribution >= 4 is 23.8 Å². The molecular weight excluding hydrogens is 448 g/mol. The van der Waals surface area contributed by atoms with E-state index in [1.54, 1.807) is 20.8 Å². The van der Waals surface area contributed by atoms with E-state index in [0.717, 1.165) is 11.1 Å². The highest BCUT2D eigenvalue weighted by atomic mass is 16.6. The minimum Gasteiger partial charge on any atom is -0.444 e. The Morgan fingerprint density at radius 3 is 2.06 bits per heavy atom. The molecule has 1 aromatic carbocycles. The summed E-state index contributed by atoms with van der Waals surface area (Å²) in [6.45, 7) is 14.6. The summed E-state index contributed by atoms with van der Waals surface area (Å²) in [6, 6.07) is 3.19. The Morgan fingerprint density at radius 1 is 1.09 bits per heavy atom. The Bertz CT molecular complexity index is 949. The van der Waals surface area contributed by atoms with Gasteiger partial charge in [0, 0.05) is 12.1 Å². The van der Waals surface area contributed by atoms with Gasteiger partial charge in [-0.1, -0.05) is 36.2 Å². The van der Waals surface area contributed by atoms with Crippen LogP contribution in [0.4, 0.5) is 4.79 Å². The fourth-order valence-electron chi connectivity index (χ4n) is 4.17. The molecule has 0 aromatic heterocycles. The molecule has 2 rings (SSSR count). The molecule has 9 heteroatoms. The molecule has 1 aliphatic carbocycles. The molecule has 9 nitrogen and oxygen atoms in total. The van der Waals surface area contributed by atoms with Crippen LogP contribution in [0, 0.1) is 19.8 Å². The van der Waals surface area contributed by atoms with Crippen LogP contribution in [0.15, 0.2) is 18.2 Å². The Labute approximate surface area is 208 Å². The quantitative estimate of drug-likeness (QED) is 0.492. The van der Waals surface area contributed by atoms with Gasteiger partial charge in [-0.05, 0) is 66.4 Å². The van der Waals surface area contributed by atoms with Crippen molar-refractivity contribution in [3.05, 3.63) is 34.9 Å².